The van der Waals surface area contributed by atoms with Crippen molar-refractivity contribution in [3.63, 3.8) is 0 Å². The maximum absolute atomic E-state index is 13.2. The number of anilines is 2. The molecule has 0 saturated heterocycles. The van der Waals surface area contributed by atoms with E-state index in [0.29, 0.717) is 10.8 Å². The molecule has 0 aliphatic heterocycles. The Morgan fingerprint density at radius 2 is 1.74 bits per heavy atom. The number of carbonyl (C=O) groups is 2. The lowest BCUT2D eigenvalue weighted by atomic mass is 10.1. The van der Waals surface area contributed by atoms with E-state index >= 15 is 0 Å². The summed E-state index contributed by atoms with van der Waals surface area (Å²) in [5.41, 5.74) is -0.420. The Morgan fingerprint density at radius 3 is 2.33 bits per heavy atom. The van der Waals surface area contributed by atoms with Crippen LogP contribution in [0, 0.1) is 0 Å². The highest BCUT2D eigenvalue weighted by Gasteiger charge is 2.34. The average molecular weight is 417 g/mol. The van der Waals surface area contributed by atoms with Crippen LogP contribution in [0.2, 0.25) is 5.02 Å². The van der Waals surface area contributed by atoms with E-state index in [2.05, 4.69) is 10.6 Å². The molecule has 0 aliphatic carbocycles. The van der Waals surface area contributed by atoms with Gasteiger partial charge in [0, 0.05) is 23.4 Å². The van der Waals surface area contributed by atoms with E-state index in [9.17, 15) is 22.8 Å². The summed E-state index contributed by atoms with van der Waals surface area (Å²) in [6.45, 7) is 1.20. The summed E-state index contributed by atoms with van der Waals surface area (Å²) in [7, 11) is 0. The van der Waals surface area contributed by atoms with Gasteiger partial charge < -0.3 is 10.6 Å². The molecule has 2 aromatic carbocycles. The van der Waals surface area contributed by atoms with Crippen LogP contribution in [0.25, 0.3) is 0 Å². The summed E-state index contributed by atoms with van der Waals surface area (Å²) < 4.78 is 39.7. The van der Waals surface area contributed by atoms with Gasteiger partial charge in [-0.25, -0.2) is 0 Å². The van der Waals surface area contributed by atoms with E-state index in [4.69, 9.17) is 11.6 Å². The molecule has 2 amide bonds. The molecule has 0 heterocycles. The number of carbonyl (C=O) groups excluding carboxylic acids is 2. The van der Waals surface area contributed by atoms with Crippen LogP contribution in [0.4, 0.5) is 24.5 Å². The van der Waals surface area contributed by atoms with Gasteiger partial charge in [0.2, 0.25) is 11.8 Å². The predicted octanol–water partition coefficient (Wildman–Crippen LogP) is 5.19. The lowest BCUT2D eigenvalue weighted by Crippen LogP contribution is -2.19. The van der Waals surface area contributed by atoms with Gasteiger partial charge in [-0.1, -0.05) is 23.7 Å². The number of alkyl halides is 3. The monoisotopic (exact) mass is 416 g/mol. The van der Waals surface area contributed by atoms with E-state index in [0.717, 1.165) is 17.7 Å². The number of rotatable bonds is 6. The van der Waals surface area contributed by atoms with Crippen LogP contribution in [0.5, 0.6) is 0 Å². The van der Waals surface area contributed by atoms with Crippen LogP contribution in [0.15, 0.2) is 42.5 Å². The minimum Gasteiger partial charge on any atom is -0.326 e. The second-order valence-electron chi connectivity index (χ2n) is 5.61. The summed E-state index contributed by atoms with van der Waals surface area (Å²) in [4.78, 5) is 23.0. The van der Waals surface area contributed by atoms with Crippen LogP contribution in [0.3, 0.4) is 0 Å². The largest absolute Gasteiger partial charge is 0.418 e. The molecule has 0 fully saturated rings. The van der Waals surface area contributed by atoms with Crippen LogP contribution in [-0.4, -0.2) is 17.6 Å². The maximum Gasteiger partial charge on any atom is 0.418 e. The first-order chi connectivity index (χ1) is 12.6. The highest BCUT2D eigenvalue weighted by Crippen LogP contribution is 2.36. The molecular formula is C18H16ClF3N2O2S. The van der Waals surface area contributed by atoms with Crippen molar-refractivity contribution in [3.05, 3.63) is 58.6 Å². The zero-order chi connectivity index (χ0) is 20.0. The highest BCUT2D eigenvalue weighted by atomic mass is 35.5. The number of benzene rings is 2. The number of halogens is 4. The fourth-order valence-corrected chi connectivity index (χ4v) is 3.11. The lowest BCUT2D eigenvalue weighted by Gasteiger charge is -2.15. The first-order valence-corrected chi connectivity index (χ1v) is 9.29. The van der Waals surface area contributed by atoms with Gasteiger partial charge in [-0.05, 0) is 35.9 Å². The van der Waals surface area contributed by atoms with Crippen molar-refractivity contribution in [1.29, 1.82) is 0 Å². The Balaban J connectivity index is 2.01. The molecule has 0 radical (unpaired) electrons. The van der Waals surface area contributed by atoms with Crippen molar-refractivity contribution in [2.45, 2.75) is 18.9 Å². The second-order valence-corrected chi connectivity index (χ2v) is 7.03. The highest BCUT2D eigenvalue weighted by molar-refractivity contribution is 7.99. The summed E-state index contributed by atoms with van der Waals surface area (Å²) in [5, 5.41) is 5.17. The lowest BCUT2D eigenvalue weighted by molar-refractivity contribution is -0.137. The van der Waals surface area contributed by atoms with Crippen LogP contribution < -0.4 is 10.6 Å². The summed E-state index contributed by atoms with van der Waals surface area (Å²) in [6.07, 6.45) is -4.67. The molecule has 4 nitrogen and oxygen atoms in total. The van der Waals surface area contributed by atoms with Gasteiger partial charge in [-0.3, -0.25) is 9.59 Å². The predicted molar refractivity (Wildman–Crippen MR) is 102 cm³/mol. The third-order valence-electron chi connectivity index (χ3n) is 3.33. The second kappa shape index (κ2) is 9.14. The molecule has 0 aromatic heterocycles. The Kier molecular flexibility index (Phi) is 7.15. The van der Waals surface area contributed by atoms with E-state index in [1.54, 1.807) is 12.1 Å². The van der Waals surface area contributed by atoms with Crippen molar-refractivity contribution >= 4 is 46.6 Å². The number of thioether (sulfide) groups is 1. The third kappa shape index (κ3) is 6.80. The smallest absolute Gasteiger partial charge is 0.326 e. The van der Waals surface area contributed by atoms with Gasteiger partial charge in [0.1, 0.15) is 0 Å². The molecule has 144 valence electrons. The minimum atomic E-state index is -4.67. The molecule has 0 aliphatic rings. The molecule has 0 unspecified atom stereocenters. The van der Waals surface area contributed by atoms with Crippen molar-refractivity contribution in [1.82, 2.24) is 0 Å². The molecule has 2 rings (SSSR count). The van der Waals surface area contributed by atoms with Gasteiger partial charge in [-0.2, -0.15) is 13.2 Å². The number of amides is 2. The molecular weight excluding hydrogens is 401 g/mol. The van der Waals surface area contributed by atoms with Crippen LogP contribution in [0.1, 0.15) is 18.1 Å². The molecule has 27 heavy (non-hydrogen) atoms. The Bertz CT molecular complexity index is 826. The van der Waals surface area contributed by atoms with Crippen molar-refractivity contribution < 1.29 is 22.8 Å². The minimum absolute atomic E-state index is 0.00457. The molecule has 0 bridgehead atoms. The first-order valence-electron chi connectivity index (χ1n) is 7.76. The summed E-state index contributed by atoms with van der Waals surface area (Å²) in [5.74, 6) is -0.517. The van der Waals surface area contributed by atoms with Crippen molar-refractivity contribution in [2.24, 2.45) is 0 Å². The number of nitrogens with one attached hydrogen (secondary N) is 2. The Hall–Kier alpha value is -2.19. The molecule has 0 spiro atoms. The van der Waals surface area contributed by atoms with Gasteiger partial charge in [0.25, 0.3) is 0 Å². The number of hydrogen-bond acceptors (Lipinski definition) is 3. The Labute approximate surface area is 163 Å². The maximum atomic E-state index is 13.2. The van der Waals surface area contributed by atoms with Crippen LogP contribution >= 0.6 is 23.4 Å². The normalized spacial score (nSPS) is 11.1. The molecule has 2 aromatic rings. The third-order valence-corrected chi connectivity index (χ3v) is 4.59. The fourth-order valence-electron chi connectivity index (χ4n) is 2.20. The summed E-state index contributed by atoms with van der Waals surface area (Å²) >= 11 is 7.06. The Morgan fingerprint density at radius 1 is 1.07 bits per heavy atom. The van der Waals surface area contributed by atoms with Gasteiger partial charge >= 0.3 is 6.18 Å². The van der Waals surface area contributed by atoms with E-state index in [-0.39, 0.29) is 17.1 Å². The zero-order valence-corrected chi connectivity index (χ0v) is 15.8. The van der Waals surface area contributed by atoms with Crippen molar-refractivity contribution in [3.8, 4) is 0 Å². The summed E-state index contributed by atoms with van der Waals surface area (Å²) in [6, 6.07) is 10.3. The van der Waals surface area contributed by atoms with E-state index in [1.807, 2.05) is 12.1 Å². The molecule has 0 saturated carbocycles. The van der Waals surface area contributed by atoms with E-state index < -0.39 is 23.6 Å². The number of hydrogen-bond donors (Lipinski definition) is 2. The zero-order valence-electron chi connectivity index (χ0n) is 14.2. The van der Waals surface area contributed by atoms with Crippen molar-refractivity contribution in [2.75, 3.05) is 16.4 Å². The van der Waals surface area contributed by atoms with E-state index in [1.165, 1.54) is 24.8 Å². The average Bonchev–Trinajstić information content (AvgIpc) is 2.56. The van der Waals surface area contributed by atoms with Gasteiger partial charge in [0.05, 0.1) is 17.0 Å². The van der Waals surface area contributed by atoms with Gasteiger partial charge in [-0.15, -0.1) is 11.8 Å². The first kappa shape index (κ1) is 21.1. The standard InChI is InChI=1S/C18H16ClF3N2O2S/c1-11(25)23-14-6-7-16(15(8-14)18(20,21)22)24-17(26)10-27-9-12-2-4-13(19)5-3-12/h2-8H,9-10H2,1H3,(H,23,25)(H,24,26). The topological polar surface area (TPSA) is 58.2 Å². The quantitative estimate of drug-likeness (QED) is 0.681. The SMILES string of the molecule is CC(=O)Nc1ccc(NC(=O)CSCc2ccc(Cl)cc2)c(C(F)(F)F)c1. The van der Waals surface area contributed by atoms with Gasteiger partial charge in [0.15, 0.2) is 0 Å². The molecule has 0 atom stereocenters. The fraction of sp³-hybridized carbons (Fsp3) is 0.222. The molecule has 2 N–H and O–H groups in total. The molecule has 9 heteroatoms. The van der Waals surface area contributed by atoms with Crippen LogP contribution in [-0.2, 0) is 21.5 Å².